The number of hydrogen-bond donors (Lipinski definition) is 1. The summed E-state index contributed by atoms with van der Waals surface area (Å²) in [7, 11) is 1.66. The van der Waals surface area contributed by atoms with E-state index in [1.165, 1.54) is 0 Å². The van der Waals surface area contributed by atoms with Crippen LogP contribution in [0, 0.1) is 0 Å². The summed E-state index contributed by atoms with van der Waals surface area (Å²) >= 11 is 3.42. The molecule has 1 N–H and O–H groups in total. The van der Waals surface area contributed by atoms with Crippen molar-refractivity contribution in [3.8, 4) is 5.75 Å². The molecule has 1 aromatic rings. The molecule has 0 spiro atoms. The van der Waals surface area contributed by atoms with Crippen LogP contribution in [-0.2, 0) is 4.74 Å². The summed E-state index contributed by atoms with van der Waals surface area (Å²) in [6.45, 7) is 4.47. The zero-order chi connectivity index (χ0) is 11.8. The lowest BCUT2D eigenvalue weighted by Gasteiger charge is -2.09. The molecule has 0 saturated carbocycles. The first-order chi connectivity index (χ1) is 7.77. The van der Waals surface area contributed by atoms with Crippen LogP contribution in [0.4, 0.5) is 5.69 Å². The Morgan fingerprint density at radius 1 is 1.31 bits per heavy atom. The van der Waals surface area contributed by atoms with Gasteiger partial charge >= 0.3 is 0 Å². The fourth-order valence-electron chi connectivity index (χ4n) is 1.28. The van der Waals surface area contributed by atoms with E-state index in [4.69, 9.17) is 9.47 Å². The van der Waals surface area contributed by atoms with Crippen molar-refractivity contribution < 1.29 is 9.47 Å². The number of hydrogen-bond acceptors (Lipinski definition) is 3. The van der Waals surface area contributed by atoms with E-state index in [1.807, 2.05) is 18.2 Å². The Morgan fingerprint density at radius 3 is 2.81 bits per heavy atom. The average Bonchev–Trinajstić information content (AvgIpc) is 2.31. The molecular formula is C12H18BrNO2. The van der Waals surface area contributed by atoms with Gasteiger partial charge in [-0.15, -0.1) is 0 Å². The van der Waals surface area contributed by atoms with E-state index in [2.05, 4.69) is 28.2 Å². The van der Waals surface area contributed by atoms with Crippen LogP contribution < -0.4 is 10.1 Å². The van der Waals surface area contributed by atoms with Gasteiger partial charge in [0.25, 0.3) is 0 Å². The predicted molar refractivity (Wildman–Crippen MR) is 70.3 cm³/mol. The second kappa shape index (κ2) is 7.52. The average molecular weight is 288 g/mol. The highest BCUT2D eigenvalue weighted by molar-refractivity contribution is 9.10. The van der Waals surface area contributed by atoms with Gasteiger partial charge in [0, 0.05) is 24.9 Å². The minimum atomic E-state index is 0.728. The maximum atomic E-state index is 5.38. The second-order valence-electron chi connectivity index (χ2n) is 3.39. The minimum Gasteiger partial charge on any atom is -0.495 e. The molecule has 1 aromatic carbocycles. The van der Waals surface area contributed by atoms with Crippen molar-refractivity contribution in [3.05, 3.63) is 22.7 Å². The standard InChI is InChI=1S/C12H18BrNO2/c1-3-7-16-8-6-14-10-4-5-11(13)12(9-10)15-2/h4-5,9,14H,3,6-8H2,1-2H3. The fourth-order valence-corrected chi connectivity index (χ4v) is 1.69. The molecule has 0 aliphatic heterocycles. The van der Waals surface area contributed by atoms with E-state index in [9.17, 15) is 0 Å². The summed E-state index contributed by atoms with van der Waals surface area (Å²) in [6.07, 6.45) is 1.06. The molecule has 4 heteroatoms. The van der Waals surface area contributed by atoms with Crippen molar-refractivity contribution in [1.82, 2.24) is 0 Å². The van der Waals surface area contributed by atoms with Crippen LogP contribution in [0.5, 0.6) is 5.75 Å². The molecule has 3 nitrogen and oxygen atoms in total. The molecule has 0 fully saturated rings. The van der Waals surface area contributed by atoms with Gasteiger partial charge in [-0.2, -0.15) is 0 Å². The number of ether oxygens (including phenoxy) is 2. The van der Waals surface area contributed by atoms with E-state index in [-0.39, 0.29) is 0 Å². The zero-order valence-corrected chi connectivity index (χ0v) is 11.3. The van der Waals surface area contributed by atoms with Crippen molar-refractivity contribution in [3.63, 3.8) is 0 Å². The summed E-state index contributed by atoms with van der Waals surface area (Å²) in [5, 5.41) is 3.28. The lowest BCUT2D eigenvalue weighted by Crippen LogP contribution is -2.09. The zero-order valence-electron chi connectivity index (χ0n) is 9.75. The molecule has 0 unspecified atom stereocenters. The number of methoxy groups -OCH3 is 1. The van der Waals surface area contributed by atoms with E-state index >= 15 is 0 Å². The molecule has 0 heterocycles. The molecular weight excluding hydrogens is 270 g/mol. The van der Waals surface area contributed by atoms with Gasteiger partial charge in [-0.1, -0.05) is 6.92 Å². The highest BCUT2D eigenvalue weighted by Gasteiger charge is 2.00. The molecule has 1 rings (SSSR count). The maximum absolute atomic E-state index is 5.38. The highest BCUT2D eigenvalue weighted by atomic mass is 79.9. The van der Waals surface area contributed by atoms with E-state index in [0.29, 0.717) is 0 Å². The molecule has 0 bridgehead atoms. The van der Waals surface area contributed by atoms with Crippen LogP contribution in [0.3, 0.4) is 0 Å². The van der Waals surface area contributed by atoms with Crippen molar-refractivity contribution in [2.24, 2.45) is 0 Å². The normalized spacial score (nSPS) is 10.2. The third-order valence-electron chi connectivity index (χ3n) is 2.08. The second-order valence-corrected chi connectivity index (χ2v) is 4.24. The third-order valence-corrected chi connectivity index (χ3v) is 2.73. The highest BCUT2D eigenvalue weighted by Crippen LogP contribution is 2.27. The van der Waals surface area contributed by atoms with Crippen LogP contribution >= 0.6 is 15.9 Å². The lowest BCUT2D eigenvalue weighted by atomic mass is 10.3. The summed E-state index contributed by atoms with van der Waals surface area (Å²) in [4.78, 5) is 0. The van der Waals surface area contributed by atoms with Gasteiger partial charge in [0.05, 0.1) is 18.2 Å². The summed E-state index contributed by atoms with van der Waals surface area (Å²) in [5.74, 6) is 0.833. The van der Waals surface area contributed by atoms with Gasteiger partial charge < -0.3 is 14.8 Å². The fraction of sp³-hybridized carbons (Fsp3) is 0.500. The quantitative estimate of drug-likeness (QED) is 0.781. The number of benzene rings is 1. The molecule has 0 atom stereocenters. The van der Waals surface area contributed by atoms with Crippen LogP contribution in [0.25, 0.3) is 0 Å². The maximum Gasteiger partial charge on any atom is 0.135 e. The molecule has 0 aromatic heterocycles. The van der Waals surface area contributed by atoms with Gasteiger partial charge in [0.2, 0.25) is 0 Å². The molecule has 0 radical (unpaired) electrons. The summed E-state index contributed by atoms with van der Waals surface area (Å²) in [6, 6.07) is 5.93. The minimum absolute atomic E-state index is 0.728. The van der Waals surface area contributed by atoms with E-state index < -0.39 is 0 Å². The number of nitrogens with one attached hydrogen (secondary N) is 1. The molecule has 0 aliphatic rings. The number of halogens is 1. The Kier molecular flexibility index (Phi) is 6.26. The van der Waals surface area contributed by atoms with E-state index in [1.54, 1.807) is 7.11 Å². The van der Waals surface area contributed by atoms with Crippen molar-refractivity contribution >= 4 is 21.6 Å². The lowest BCUT2D eigenvalue weighted by molar-refractivity contribution is 0.144. The molecule has 0 amide bonds. The topological polar surface area (TPSA) is 30.5 Å². The Bertz CT molecular complexity index is 318. The van der Waals surface area contributed by atoms with Gasteiger partial charge in [-0.3, -0.25) is 0 Å². The van der Waals surface area contributed by atoms with Crippen LogP contribution in [0.15, 0.2) is 22.7 Å². The largest absolute Gasteiger partial charge is 0.495 e. The summed E-state index contributed by atoms with van der Waals surface area (Å²) in [5.41, 5.74) is 1.04. The first-order valence-corrected chi connectivity index (χ1v) is 6.22. The third kappa shape index (κ3) is 4.41. The van der Waals surface area contributed by atoms with Gasteiger partial charge in [-0.05, 0) is 34.5 Å². The van der Waals surface area contributed by atoms with Crippen molar-refractivity contribution in [1.29, 1.82) is 0 Å². The number of rotatable bonds is 7. The van der Waals surface area contributed by atoms with E-state index in [0.717, 1.165) is 42.1 Å². The molecule has 90 valence electrons. The van der Waals surface area contributed by atoms with Crippen molar-refractivity contribution in [2.45, 2.75) is 13.3 Å². The molecule has 16 heavy (non-hydrogen) atoms. The SMILES string of the molecule is CCCOCCNc1ccc(Br)c(OC)c1. The molecule has 0 aliphatic carbocycles. The van der Waals surface area contributed by atoms with Gasteiger partial charge in [0.15, 0.2) is 0 Å². The number of anilines is 1. The summed E-state index contributed by atoms with van der Waals surface area (Å²) < 4.78 is 11.6. The first kappa shape index (κ1) is 13.3. The van der Waals surface area contributed by atoms with Crippen LogP contribution in [0.2, 0.25) is 0 Å². The Labute approximate surface area is 105 Å². The van der Waals surface area contributed by atoms with Crippen LogP contribution in [0.1, 0.15) is 13.3 Å². The predicted octanol–water partition coefficient (Wildman–Crippen LogP) is 3.30. The molecule has 0 saturated heterocycles. The first-order valence-electron chi connectivity index (χ1n) is 5.43. The van der Waals surface area contributed by atoms with Gasteiger partial charge in [0.1, 0.15) is 5.75 Å². The monoisotopic (exact) mass is 287 g/mol. The Morgan fingerprint density at radius 2 is 2.12 bits per heavy atom. The smallest absolute Gasteiger partial charge is 0.135 e. The Hall–Kier alpha value is -0.740. The Balaban J connectivity index is 2.36. The van der Waals surface area contributed by atoms with Gasteiger partial charge in [-0.25, -0.2) is 0 Å². The van der Waals surface area contributed by atoms with Crippen LogP contribution in [-0.4, -0.2) is 26.9 Å². The van der Waals surface area contributed by atoms with Crippen molar-refractivity contribution in [2.75, 3.05) is 32.2 Å².